The van der Waals surface area contributed by atoms with Crippen LogP contribution in [0.15, 0.2) is 65.2 Å². The summed E-state index contributed by atoms with van der Waals surface area (Å²) in [4.78, 5) is 4.26. The first kappa shape index (κ1) is 20.2. The number of aryl methyl sites for hydroxylation is 1. The zero-order valence-corrected chi connectivity index (χ0v) is 17.4. The Morgan fingerprint density at radius 1 is 1.00 bits per heavy atom. The zero-order chi connectivity index (χ0) is 21.5. The van der Waals surface area contributed by atoms with Crippen molar-refractivity contribution in [3.63, 3.8) is 0 Å². The molecule has 3 heterocycles. The number of benzene rings is 1. The van der Waals surface area contributed by atoms with Crippen molar-refractivity contribution in [2.45, 2.75) is 13.5 Å². The molecule has 0 unspecified atom stereocenters. The molecule has 6 heteroatoms. The molecule has 0 aliphatic heterocycles. The second kappa shape index (κ2) is 9.63. The minimum atomic E-state index is 0.403. The predicted molar refractivity (Wildman–Crippen MR) is 121 cm³/mol. The van der Waals surface area contributed by atoms with Crippen molar-refractivity contribution in [1.82, 2.24) is 15.2 Å². The minimum Gasteiger partial charge on any atom is -0.496 e. The Morgan fingerprint density at radius 3 is 2.71 bits per heavy atom. The van der Waals surface area contributed by atoms with Crippen LogP contribution in [-0.2, 0) is 6.61 Å². The molecular weight excluding hydrogens is 390 g/mol. The van der Waals surface area contributed by atoms with Crippen LogP contribution in [0, 0.1) is 6.92 Å². The first-order valence-corrected chi connectivity index (χ1v) is 9.88. The summed E-state index contributed by atoms with van der Waals surface area (Å²) in [6.45, 7) is 2.32. The maximum atomic E-state index is 5.82. The highest BCUT2D eigenvalue weighted by atomic mass is 16.5. The molecule has 1 aromatic carbocycles. The summed E-state index contributed by atoms with van der Waals surface area (Å²) < 4.78 is 16.9. The minimum absolute atomic E-state index is 0.403. The molecule has 0 bridgehead atoms. The molecule has 3 aromatic heterocycles. The van der Waals surface area contributed by atoms with Gasteiger partial charge in [-0.3, -0.25) is 10.1 Å². The summed E-state index contributed by atoms with van der Waals surface area (Å²) >= 11 is 0. The maximum Gasteiger partial charge on any atom is 0.130 e. The number of furan rings is 1. The number of methoxy groups -OCH3 is 1. The highest BCUT2D eigenvalue weighted by molar-refractivity contribution is 5.73. The van der Waals surface area contributed by atoms with E-state index < -0.39 is 0 Å². The van der Waals surface area contributed by atoms with Gasteiger partial charge < -0.3 is 13.9 Å². The van der Waals surface area contributed by atoms with Crippen LogP contribution in [0.5, 0.6) is 11.5 Å². The second-order valence-corrected chi connectivity index (χ2v) is 6.88. The van der Waals surface area contributed by atoms with Crippen molar-refractivity contribution >= 4 is 24.3 Å². The molecule has 0 saturated heterocycles. The average molecular weight is 413 g/mol. The lowest BCUT2D eigenvalue weighted by Crippen LogP contribution is -1.98. The summed E-state index contributed by atoms with van der Waals surface area (Å²) in [7, 11) is 1.64. The van der Waals surface area contributed by atoms with E-state index in [9.17, 15) is 0 Å². The highest BCUT2D eigenvalue weighted by Crippen LogP contribution is 2.27. The Kier molecular flexibility index (Phi) is 6.28. The van der Waals surface area contributed by atoms with Gasteiger partial charge in [-0.1, -0.05) is 6.07 Å². The van der Waals surface area contributed by atoms with Crippen LogP contribution in [0.1, 0.15) is 34.2 Å². The Labute approximate surface area is 180 Å². The fraction of sp³-hybridized carbons (Fsp3) is 0.120. The van der Waals surface area contributed by atoms with Gasteiger partial charge in [0.05, 0.1) is 24.2 Å². The van der Waals surface area contributed by atoms with Gasteiger partial charge in [0, 0.05) is 17.8 Å². The molecule has 0 spiro atoms. The number of H-pyrrole nitrogens is 1. The standard InChI is InChI=1S/C25H23N3O3/c1-18-6-11-23(31-18)13-10-21-15-20(27-28-21)9-7-19-8-12-24(16-25(19)29-2)30-17-22-5-3-4-14-26-22/h3-16H,17H2,1-2H3,(H,27,28). The van der Waals surface area contributed by atoms with Crippen molar-refractivity contribution in [2.24, 2.45) is 0 Å². The van der Waals surface area contributed by atoms with Gasteiger partial charge in [0.25, 0.3) is 0 Å². The van der Waals surface area contributed by atoms with Gasteiger partial charge in [0.1, 0.15) is 29.6 Å². The molecule has 0 aliphatic rings. The molecule has 4 aromatic rings. The normalized spacial score (nSPS) is 11.4. The number of ether oxygens (including phenoxy) is 2. The lowest BCUT2D eigenvalue weighted by molar-refractivity contribution is 0.299. The lowest BCUT2D eigenvalue weighted by atomic mass is 10.1. The molecule has 156 valence electrons. The molecule has 0 fully saturated rings. The maximum absolute atomic E-state index is 5.82. The van der Waals surface area contributed by atoms with Crippen molar-refractivity contribution in [1.29, 1.82) is 0 Å². The monoisotopic (exact) mass is 413 g/mol. The van der Waals surface area contributed by atoms with E-state index in [1.165, 1.54) is 0 Å². The summed E-state index contributed by atoms with van der Waals surface area (Å²) in [5.74, 6) is 3.13. The average Bonchev–Trinajstić information content (AvgIpc) is 3.44. The smallest absolute Gasteiger partial charge is 0.130 e. The number of pyridine rings is 1. The molecular formula is C25H23N3O3. The summed E-state index contributed by atoms with van der Waals surface area (Å²) in [6.07, 6.45) is 9.47. The van der Waals surface area contributed by atoms with E-state index in [2.05, 4.69) is 15.2 Å². The number of hydrogen-bond donors (Lipinski definition) is 1. The molecule has 0 amide bonds. The molecule has 0 radical (unpaired) electrons. The van der Waals surface area contributed by atoms with Crippen molar-refractivity contribution in [3.8, 4) is 11.5 Å². The highest BCUT2D eigenvalue weighted by Gasteiger charge is 2.05. The van der Waals surface area contributed by atoms with Crippen LogP contribution >= 0.6 is 0 Å². The first-order valence-electron chi connectivity index (χ1n) is 9.88. The van der Waals surface area contributed by atoms with Gasteiger partial charge in [-0.15, -0.1) is 0 Å². The zero-order valence-electron chi connectivity index (χ0n) is 17.4. The number of hydrogen-bond acceptors (Lipinski definition) is 5. The largest absolute Gasteiger partial charge is 0.496 e. The Hall–Kier alpha value is -4.06. The quantitative estimate of drug-likeness (QED) is 0.405. The third-order valence-electron chi connectivity index (χ3n) is 4.56. The van der Waals surface area contributed by atoms with E-state index in [0.29, 0.717) is 6.61 Å². The van der Waals surface area contributed by atoms with Crippen molar-refractivity contribution in [3.05, 3.63) is 95.0 Å². The van der Waals surface area contributed by atoms with Crippen molar-refractivity contribution < 1.29 is 13.9 Å². The van der Waals surface area contributed by atoms with Gasteiger partial charge >= 0.3 is 0 Å². The molecule has 1 N–H and O–H groups in total. The molecule has 0 atom stereocenters. The van der Waals surface area contributed by atoms with E-state index in [1.54, 1.807) is 13.3 Å². The fourth-order valence-electron chi connectivity index (χ4n) is 2.97. The summed E-state index contributed by atoms with van der Waals surface area (Å²) in [5, 5.41) is 7.32. The van der Waals surface area contributed by atoms with Gasteiger partial charge in [-0.2, -0.15) is 5.10 Å². The van der Waals surface area contributed by atoms with E-state index in [1.807, 2.05) is 85.8 Å². The van der Waals surface area contributed by atoms with E-state index in [4.69, 9.17) is 13.9 Å². The van der Waals surface area contributed by atoms with Gasteiger partial charge in [0.15, 0.2) is 0 Å². The van der Waals surface area contributed by atoms with E-state index >= 15 is 0 Å². The molecule has 4 rings (SSSR count). The molecule has 6 nitrogen and oxygen atoms in total. The van der Waals surface area contributed by atoms with Gasteiger partial charge in [-0.25, -0.2) is 0 Å². The third kappa shape index (κ3) is 5.51. The number of aromatic amines is 1. The topological polar surface area (TPSA) is 73.2 Å². The van der Waals surface area contributed by atoms with Crippen LogP contribution in [0.25, 0.3) is 24.3 Å². The van der Waals surface area contributed by atoms with E-state index in [-0.39, 0.29) is 0 Å². The Morgan fingerprint density at radius 2 is 1.94 bits per heavy atom. The van der Waals surface area contributed by atoms with Crippen LogP contribution in [0.2, 0.25) is 0 Å². The second-order valence-electron chi connectivity index (χ2n) is 6.88. The molecule has 31 heavy (non-hydrogen) atoms. The molecule has 0 aliphatic carbocycles. The van der Waals surface area contributed by atoms with Crippen LogP contribution < -0.4 is 9.47 Å². The number of nitrogens with one attached hydrogen (secondary N) is 1. The van der Waals surface area contributed by atoms with Crippen molar-refractivity contribution in [2.75, 3.05) is 7.11 Å². The number of nitrogens with zero attached hydrogens (tertiary/aromatic N) is 2. The number of rotatable bonds is 8. The van der Waals surface area contributed by atoms with Gasteiger partial charge in [0.2, 0.25) is 0 Å². The molecule has 0 saturated carbocycles. The lowest BCUT2D eigenvalue weighted by Gasteiger charge is -2.09. The first-order chi connectivity index (χ1) is 15.2. The summed E-state index contributed by atoms with van der Waals surface area (Å²) in [6, 6.07) is 17.3. The fourth-order valence-corrected chi connectivity index (χ4v) is 2.97. The van der Waals surface area contributed by atoms with E-state index in [0.717, 1.165) is 45.7 Å². The van der Waals surface area contributed by atoms with Crippen LogP contribution in [-0.4, -0.2) is 22.3 Å². The Balaban J connectivity index is 1.41. The predicted octanol–water partition coefficient (Wildman–Crippen LogP) is 5.63. The van der Waals surface area contributed by atoms with Crippen LogP contribution in [0.4, 0.5) is 0 Å². The van der Waals surface area contributed by atoms with Gasteiger partial charge in [-0.05, 0) is 73.7 Å². The Bertz CT molecular complexity index is 1190. The third-order valence-corrected chi connectivity index (χ3v) is 4.56. The van der Waals surface area contributed by atoms with Crippen LogP contribution in [0.3, 0.4) is 0 Å². The number of aromatic nitrogens is 3. The summed E-state index contributed by atoms with van der Waals surface area (Å²) in [5.41, 5.74) is 3.50. The SMILES string of the molecule is COc1cc(OCc2ccccn2)ccc1C=Cc1cc(C=Cc2ccc(C)o2)[nH]n1.